The summed E-state index contributed by atoms with van der Waals surface area (Å²) in [6.45, 7) is 6.72. The molecular formula is C15H30F2N2. The van der Waals surface area contributed by atoms with Gasteiger partial charge < -0.3 is 5.32 Å². The van der Waals surface area contributed by atoms with Crippen molar-refractivity contribution in [2.24, 2.45) is 11.3 Å². The zero-order valence-corrected chi connectivity index (χ0v) is 13.0. The van der Waals surface area contributed by atoms with Crippen LogP contribution in [-0.2, 0) is 0 Å². The van der Waals surface area contributed by atoms with E-state index < -0.39 is 6.43 Å². The molecule has 1 rings (SSSR count). The van der Waals surface area contributed by atoms with Gasteiger partial charge in [0.05, 0.1) is 6.54 Å². The van der Waals surface area contributed by atoms with Crippen molar-refractivity contribution in [3.05, 3.63) is 0 Å². The van der Waals surface area contributed by atoms with Crippen molar-refractivity contribution in [2.45, 2.75) is 65.0 Å². The van der Waals surface area contributed by atoms with Gasteiger partial charge in [-0.3, -0.25) is 4.90 Å². The van der Waals surface area contributed by atoms with Crippen LogP contribution in [0, 0.1) is 11.3 Å². The number of alkyl halides is 2. The van der Waals surface area contributed by atoms with Gasteiger partial charge in [-0.2, -0.15) is 0 Å². The van der Waals surface area contributed by atoms with E-state index in [1.165, 1.54) is 6.42 Å². The Bertz CT molecular complexity index is 269. The number of hydrogen-bond acceptors (Lipinski definition) is 2. The Morgan fingerprint density at radius 3 is 2.42 bits per heavy atom. The fourth-order valence-corrected chi connectivity index (χ4v) is 3.32. The smallest absolute Gasteiger partial charge is 0.251 e. The highest BCUT2D eigenvalue weighted by Crippen LogP contribution is 2.41. The topological polar surface area (TPSA) is 15.3 Å². The first-order chi connectivity index (χ1) is 8.81. The molecule has 1 fully saturated rings. The second-order valence-corrected chi connectivity index (χ2v) is 6.65. The van der Waals surface area contributed by atoms with E-state index in [1.54, 1.807) is 0 Å². The first kappa shape index (κ1) is 16.8. The van der Waals surface area contributed by atoms with Gasteiger partial charge in [0.25, 0.3) is 6.43 Å². The van der Waals surface area contributed by atoms with Gasteiger partial charge in [0.1, 0.15) is 0 Å². The van der Waals surface area contributed by atoms with Crippen LogP contribution < -0.4 is 5.32 Å². The van der Waals surface area contributed by atoms with Crippen molar-refractivity contribution in [3.8, 4) is 0 Å². The summed E-state index contributed by atoms with van der Waals surface area (Å²) in [5, 5.41) is 3.31. The highest BCUT2D eigenvalue weighted by molar-refractivity contribution is 4.93. The number of nitrogens with zero attached hydrogens (tertiary/aromatic N) is 1. The summed E-state index contributed by atoms with van der Waals surface area (Å²) < 4.78 is 25.2. The maximum absolute atomic E-state index is 12.6. The molecule has 0 radical (unpaired) electrons. The number of nitrogens with one attached hydrogen (secondary N) is 1. The van der Waals surface area contributed by atoms with Crippen molar-refractivity contribution in [1.82, 2.24) is 10.2 Å². The molecule has 0 spiro atoms. The third-order valence-electron chi connectivity index (χ3n) is 5.20. The zero-order valence-electron chi connectivity index (χ0n) is 13.0. The molecule has 114 valence electrons. The van der Waals surface area contributed by atoms with Gasteiger partial charge in [0, 0.05) is 12.1 Å². The lowest BCUT2D eigenvalue weighted by atomic mass is 9.67. The van der Waals surface area contributed by atoms with Gasteiger partial charge in [-0.05, 0) is 44.7 Å². The van der Waals surface area contributed by atoms with Crippen molar-refractivity contribution in [3.63, 3.8) is 0 Å². The average Bonchev–Trinajstić information content (AvgIpc) is 2.37. The van der Waals surface area contributed by atoms with E-state index in [0.29, 0.717) is 17.4 Å². The van der Waals surface area contributed by atoms with Gasteiger partial charge in [-0.1, -0.05) is 27.2 Å². The van der Waals surface area contributed by atoms with Crippen molar-refractivity contribution in [1.29, 1.82) is 0 Å². The standard InChI is InChI=1S/C15H30F2N2/c1-6-15(2,3)11-7-8-12(18-4)13(9-11)19(5)10-14(16)17/h11-14,18H,6-10H2,1-5H3. The van der Waals surface area contributed by atoms with Crippen LogP contribution in [0.3, 0.4) is 0 Å². The van der Waals surface area contributed by atoms with Crippen LogP contribution in [0.1, 0.15) is 46.5 Å². The Hall–Kier alpha value is -0.220. The van der Waals surface area contributed by atoms with E-state index in [2.05, 4.69) is 26.1 Å². The van der Waals surface area contributed by atoms with Crippen LogP contribution in [0.15, 0.2) is 0 Å². The molecule has 0 aromatic rings. The average molecular weight is 276 g/mol. The minimum Gasteiger partial charge on any atom is -0.315 e. The quantitative estimate of drug-likeness (QED) is 0.800. The van der Waals surface area contributed by atoms with E-state index in [-0.39, 0.29) is 12.6 Å². The Morgan fingerprint density at radius 1 is 1.32 bits per heavy atom. The molecule has 0 bridgehead atoms. The van der Waals surface area contributed by atoms with Gasteiger partial charge in [0.15, 0.2) is 0 Å². The van der Waals surface area contributed by atoms with Gasteiger partial charge in [-0.15, -0.1) is 0 Å². The minimum absolute atomic E-state index is 0.123. The van der Waals surface area contributed by atoms with E-state index in [1.807, 2.05) is 19.0 Å². The highest BCUT2D eigenvalue weighted by atomic mass is 19.3. The lowest BCUT2D eigenvalue weighted by Gasteiger charge is -2.46. The van der Waals surface area contributed by atoms with Gasteiger partial charge >= 0.3 is 0 Å². The second kappa shape index (κ2) is 6.98. The van der Waals surface area contributed by atoms with Crippen LogP contribution in [0.25, 0.3) is 0 Å². The van der Waals surface area contributed by atoms with Gasteiger partial charge in [-0.25, -0.2) is 8.78 Å². The molecule has 1 aliphatic rings. The van der Waals surface area contributed by atoms with Crippen LogP contribution in [0.5, 0.6) is 0 Å². The normalized spacial score (nSPS) is 29.2. The molecule has 0 saturated heterocycles. The van der Waals surface area contributed by atoms with E-state index >= 15 is 0 Å². The molecule has 1 N–H and O–H groups in total. The minimum atomic E-state index is -2.25. The summed E-state index contributed by atoms with van der Waals surface area (Å²) in [7, 11) is 3.78. The van der Waals surface area contributed by atoms with E-state index in [4.69, 9.17) is 0 Å². The Morgan fingerprint density at radius 2 is 1.95 bits per heavy atom. The molecular weight excluding hydrogens is 246 g/mol. The summed E-state index contributed by atoms with van der Waals surface area (Å²) in [4.78, 5) is 1.85. The summed E-state index contributed by atoms with van der Waals surface area (Å²) in [5.41, 5.74) is 0.308. The lowest BCUT2D eigenvalue weighted by molar-refractivity contribution is 0.0282. The van der Waals surface area contributed by atoms with Crippen LogP contribution >= 0.6 is 0 Å². The lowest BCUT2D eigenvalue weighted by Crippen LogP contribution is -2.53. The number of rotatable bonds is 6. The van der Waals surface area contributed by atoms with E-state index in [0.717, 1.165) is 19.3 Å². The van der Waals surface area contributed by atoms with Crippen LogP contribution in [0.2, 0.25) is 0 Å². The third-order valence-corrected chi connectivity index (χ3v) is 5.20. The molecule has 4 heteroatoms. The molecule has 0 aromatic carbocycles. The monoisotopic (exact) mass is 276 g/mol. The first-order valence-corrected chi connectivity index (χ1v) is 7.47. The van der Waals surface area contributed by atoms with Crippen LogP contribution in [-0.4, -0.2) is 44.0 Å². The molecule has 0 amide bonds. The van der Waals surface area contributed by atoms with Crippen molar-refractivity contribution < 1.29 is 8.78 Å². The zero-order chi connectivity index (χ0) is 14.6. The predicted molar refractivity (Wildman–Crippen MR) is 76.7 cm³/mol. The van der Waals surface area contributed by atoms with Gasteiger partial charge in [0.2, 0.25) is 0 Å². The predicted octanol–water partition coefficient (Wildman–Crippen LogP) is 3.38. The molecule has 0 aliphatic heterocycles. The number of likely N-dealkylation sites (N-methyl/N-ethyl adjacent to an activating group) is 2. The summed E-state index contributed by atoms with van der Waals surface area (Å²) in [5.74, 6) is 0.632. The molecule has 2 nitrogen and oxygen atoms in total. The summed E-state index contributed by atoms with van der Waals surface area (Å²) in [6.07, 6.45) is 2.21. The highest BCUT2D eigenvalue weighted by Gasteiger charge is 2.38. The summed E-state index contributed by atoms with van der Waals surface area (Å²) in [6, 6.07) is 0.566. The molecule has 1 aliphatic carbocycles. The fourth-order valence-electron chi connectivity index (χ4n) is 3.32. The second-order valence-electron chi connectivity index (χ2n) is 6.65. The molecule has 19 heavy (non-hydrogen) atoms. The molecule has 0 aromatic heterocycles. The maximum Gasteiger partial charge on any atom is 0.251 e. The largest absolute Gasteiger partial charge is 0.315 e. The number of halogens is 2. The van der Waals surface area contributed by atoms with Crippen molar-refractivity contribution in [2.75, 3.05) is 20.6 Å². The molecule has 3 unspecified atom stereocenters. The maximum atomic E-state index is 12.6. The Kier molecular flexibility index (Phi) is 6.18. The van der Waals surface area contributed by atoms with E-state index in [9.17, 15) is 8.78 Å². The third kappa shape index (κ3) is 4.38. The fraction of sp³-hybridized carbons (Fsp3) is 1.00. The van der Waals surface area contributed by atoms with Crippen LogP contribution in [0.4, 0.5) is 8.78 Å². The first-order valence-electron chi connectivity index (χ1n) is 7.47. The Balaban J connectivity index is 2.73. The Labute approximate surface area is 116 Å². The SMILES string of the molecule is CCC(C)(C)C1CCC(NC)C(N(C)CC(F)F)C1. The summed E-state index contributed by atoms with van der Waals surface area (Å²) >= 11 is 0. The molecule has 3 atom stereocenters. The molecule has 1 saturated carbocycles. The van der Waals surface area contributed by atoms with Crippen molar-refractivity contribution >= 4 is 0 Å². The number of hydrogen-bond donors (Lipinski definition) is 1. The molecule has 0 heterocycles.